The molecule has 10 nitrogen and oxygen atoms in total. The zero-order chi connectivity index (χ0) is 21.4. The highest BCUT2D eigenvalue weighted by Crippen LogP contribution is 2.37. The van der Waals surface area contributed by atoms with Crippen LogP contribution in [0.2, 0.25) is 6.32 Å². The van der Waals surface area contributed by atoms with Crippen LogP contribution in [0.4, 0.5) is 0 Å². The molecular formula is C18H26BN5O5. The van der Waals surface area contributed by atoms with E-state index in [1.54, 1.807) is 19.1 Å². The van der Waals surface area contributed by atoms with Crippen LogP contribution >= 0.6 is 0 Å². The lowest BCUT2D eigenvalue weighted by Gasteiger charge is -2.27. The van der Waals surface area contributed by atoms with E-state index in [9.17, 15) is 9.59 Å². The normalized spacial score (nSPS) is 21.9. The van der Waals surface area contributed by atoms with Gasteiger partial charge in [-0.1, -0.05) is 41.9 Å². The van der Waals surface area contributed by atoms with Gasteiger partial charge in [-0.15, -0.1) is 0 Å². The number of likely N-dealkylation sites (tertiary alicyclic amines) is 1. The third-order valence-corrected chi connectivity index (χ3v) is 5.05. The van der Waals surface area contributed by atoms with Crippen LogP contribution in [0.5, 0.6) is 0 Å². The van der Waals surface area contributed by atoms with Crippen molar-refractivity contribution in [2.24, 2.45) is 16.8 Å². The minimum atomic E-state index is -1.59. The predicted octanol–water partition coefficient (Wildman–Crippen LogP) is 0.837. The molecule has 11 heteroatoms. The number of esters is 1. The number of carbonyl (C=O) groups is 2. The Balaban J connectivity index is 2.24. The van der Waals surface area contributed by atoms with E-state index < -0.39 is 30.6 Å². The first-order valence-electron chi connectivity index (χ1n) is 9.48. The summed E-state index contributed by atoms with van der Waals surface area (Å²) in [7, 11) is -1.47. The molecule has 3 atom stereocenters. The summed E-state index contributed by atoms with van der Waals surface area (Å²) < 4.78 is 5.44. The summed E-state index contributed by atoms with van der Waals surface area (Å²) in [6.07, 6.45) is 0.820. The highest BCUT2D eigenvalue weighted by molar-refractivity contribution is 6.40. The zero-order valence-electron chi connectivity index (χ0n) is 16.3. The Hall–Kier alpha value is -2.59. The van der Waals surface area contributed by atoms with Gasteiger partial charge in [-0.3, -0.25) is 9.59 Å². The molecule has 1 amide bonds. The second kappa shape index (κ2) is 10.3. The highest BCUT2D eigenvalue weighted by Gasteiger charge is 2.54. The molecule has 1 aromatic carbocycles. The summed E-state index contributed by atoms with van der Waals surface area (Å²) in [6, 6.07) is 8.30. The number of azide groups is 1. The van der Waals surface area contributed by atoms with Gasteiger partial charge in [0.25, 0.3) is 0 Å². The van der Waals surface area contributed by atoms with E-state index in [4.69, 9.17) is 26.0 Å². The molecule has 0 unspecified atom stereocenters. The first-order chi connectivity index (χ1) is 13.8. The number of ether oxygens (including phenoxy) is 1. The Kier molecular flexibility index (Phi) is 8.04. The average molecular weight is 403 g/mol. The number of amides is 1. The van der Waals surface area contributed by atoms with E-state index in [1.165, 1.54) is 4.90 Å². The van der Waals surface area contributed by atoms with Gasteiger partial charge in [-0.2, -0.15) is 0 Å². The Morgan fingerprint density at radius 2 is 2.14 bits per heavy atom. The van der Waals surface area contributed by atoms with Crippen molar-refractivity contribution in [1.29, 1.82) is 0 Å². The van der Waals surface area contributed by atoms with Gasteiger partial charge >= 0.3 is 13.1 Å². The van der Waals surface area contributed by atoms with Crippen molar-refractivity contribution in [3.05, 3.63) is 46.3 Å². The third kappa shape index (κ3) is 5.71. The monoisotopic (exact) mass is 403 g/mol. The molecule has 0 saturated carbocycles. The van der Waals surface area contributed by atoms with Crippen molar-refractivity contribution in [3.63, 3.8) is 0 Å². The van der Waals surface area contributed by atoms with Crippen molar-refractivity contribution in [2.75, 3.05) is 13.1 Å². The molecular weight excluding hydrogens is 377 g/mol. The summed E-state index contributed by atoms with van der Waals surface area (Å²) in [5.74, 6) is -1.60. The first kappa shape index (κ1) is 22.7. The van der Waals surface area contributed by atoms with Crippen molar-refractivity contribution < 1.29 is 24.4 Å². The standard InChI is InChI=1S/C18H26BN5O5/c1-13(20)16(25)24-10-15(8-5-9-19(27)28)18(12-24,22-23-21)17(26)29-11-14-6-3-2-4-7-14/h2-4,6-7,13,15,27-28H,5,8-12,20H2,1H3/t13-,15-,18-/m0/s1. The number of hydrogen-bond donors (Lipinski definition) is 3. The Morgan fingerprint density at radius 3 is 2.72 bits per heavy atom. The maximum Gasteiger partial charge on any atom is 0.451 e. The molecule has 0 bridgehead atoms. The Labute approximate surface area is 169 Å². The van der Waals surface area contributed by atoms with Gasteiger partial charge in [-0.05, 0) is 30.8 Å². The van der Waals surface area contributed by atoms with E-state index in [1.807, 2.05) is 18.2 Å². The third-order valence-electron chi connectivity index (χ3n) is 5.05. The van der Waals surface area contributed by atoms with Gasteiger partial charge in [0.2, 0.25) is 5.91 Å². The Bertz CT molecular complexity index is 756. The minimum absolute atomic E-state index is 0.00564. The van der Waals surface area contributed by atoms with Gasteiger partial charge in [-0.25, -0.2) is 0 Å². The maximum atomic E-state index is 13.0. The Morgan fingerprint density at radius 1 is 1.45 bits per heavy atom. The molecule has 1 fully saturated rings. The van der Waals surface area contributed by atoms with Gasteiger partial charge < -0.3 is 25.4 Å². The number of hydrogen-bond acceptors (Lipinski definition) is 7. The second-order valence-corrected chi connectivity index (χ2v) is 7.29. The van der Waals surface area contributed by atoms with E-state index in [2.05, 4.69) is 10.0 Å². The van der Waals surface area contributed by atoms with Crippen LogP contribution < -0.4 is 5.73 Å². The second-order valence-electron chi connectivity index (χ2n) is 7.29. The number of nitrogens with zero attached hydrogens (tertiary/aromatic N) is 4. The van der Waals surface area contributed by atoms with Gasteiger partial charge in [0, 0.05) is 23.9 Å². The molecule has 1 saturated heterocycles. The number of carbonyl (C=O) groups excluding carboxylic acids is 2. The fourth-order valence-electron chi connectivity index (χ4n) is 3.55. The van der Waals surface area contributed by atoms with Crippen LogP contribution in [-0.4, -0.2) is 58.6 Å². The van der Waals surface area contributed by atoms with Crippen molar-refractivity contribution in [2.45, 2.75) is 44.3 Å². The van der Waals surface area contributed by atoms with Gasteiger partial charge in [0.1, 0.15) is 6.61 Å². The molecule has 156 valence electrons. The molecule has 0 aliphatic carbocycles. The first-order valence-corrected chi connectivity index (χ1v) is 9.48. The molecule has 1 aliphatic heterocycles. The fraction of sp³-hybridized carbons (Fsp3) is 0.556. The van der Waals surface area contributed by atoms with Gasteiger partial charge in [0.05, 0.1) is 6.04 Å². The van der Waals surface area contributed by atoms with Crippen LogP contribution in [-0.2, 0) is 20.9 Å². The van der Waals surface area contributed by atoms with Crippen LogP contribution in [0.25, 0.3) is 10.4 Å². The summed E-state index contributed by atoms with van der Waals surface area (Å²) in [5.41, 5.74) is 14.0. The van der Waals surface area contributed by atoms with E-state index in [0.717, 1.165) is 5.56 Å². The summed E-state index contributed by atoms with van der Waals surface area (Å²) in [6.45, 7) is 1.59. The fourth-order valence-corrected chi connectivity index (χ4v) is 3.55. The van der Waals surface area contributed by atoms with Crippen molar-refractivity contribution in [1.82, 2.24) is 4.90 Å². The van der Waals surface area contributed by atoms with Gasteiger partial charge in [0.15, 0.2) is 5.54 Å². The quantitative estimate of drug-likeness (QED) is 0.182. The van der Waals surface area contributed by atoms with E-state index >= 15 is 0 Å². The molecule has 1 heterocycles. The lowest BCUT2D eigenvalue weighted by Crippen LogP contribution is -2.47. The molecule has 1 aromatic rings. The SMILES string of the molecule is C[C@H](N)C(=O)N1C[C@H](CCCB(O)O)[C@](N=[N+]=[N-])(C(=O)OCc2ccccc2)C1. The lowest BCUT2D eigenvalue weighted by molar-refractivity contribution is -0.152. The lowest BCUT2D eigenvalue weighted by atomic mass is 9.78. The van der Waals surface area contributed by atoms with Crippen LogP contribution in [0.3, 0.4) is 0 Å². The molecule has 0 radical (unpaired) electrons. The zero-order valence-corrected chi connectivity index (χ0v) is 16.3. The smallest absolute Gasteiger partial charge is 0.451 e. The number of benzene rings is 1. The van der Waals surface area contributed by atoms with Crippen LogP contribution in [0, 0.1) is 5.92 Å². The molecule has 29 heavy (non-hydrogen) atoms. The van der Waals surface area contributed by atoms with Crippen LogP contribution in [0.1, 0.15) is 25.3 Å². The van der Waals surface area contributed by atoms with E-state index in [-0.39, 0.29) is 31.9 Å². The van der Waals surface area contributed by atoms with Crippen molar-refractivity contribution >= 4 is 19.0 Å². The average Bonchev–Trinajstić information content (AvgIpc) is 3.05. The van der Waals surface area contributed by atoms with E-state index in [0.29, 0.717) is 12.8 Å². The molecule has 4 N–H and O–H groups in total. The molecule has 2 rings (SSSR count). The van der Waals surface area contributed by atoms with Crippen LogP contribution in [0.15, 0.2) is 35.4 Å². The molecule has 0 aromatic heterocycles. The maximum absolute atomic E-state index is 13.0. The summed E-state index contributed by atoms with van der Waals surface area (Å²) in [4.78, 5) is 29.7. The molecule has 1 aliphatic rings. The molecule has 0 spiro atoms. The summed E-state index contributed by atoms with van der Waals surface area (Å²) >= 11 is 0. The topological polar surface area (TPSA) is 162 Å². The minimum Gasteiger partial charge on any atom is -0.460 e. The highest BCUT2D eigenvalue weighted by atomic mass is 16.5. The van der Waals surface area contributed by atoms with Crippen molar-refractivity contribution in [3.8, 4) is 0 Å². The summed E-state index contributed by atoms with van der Waals surface area (Å²) in [5, 5.41) is 22.0. The largest absolute Gasteiger partial charge is 0.460 e. The number of nitrogens with two attached hydrogens (primary N) is 1. The number of rotatable bonds is 9. The predicted molar refractivity (Wildman–Crippen MR) is 106 cm³/mol.